The van der Waals surface area contributed by atoms with E-state index in [0.717, 1.165) is 18.2 Å². The molecule has 0 unspecified atom stereocenters. The van der Waals surface area contributed by atoms with Crippen LogP contribution in [0.15, 0.2) is 86.3 Å². The minimum absolute atomic E-state index is 0.0542. The van der Waals surface area contributed by atoms with Gasteiger partial charge in [-0.25, -0.2) is 8.42 Å². The lowest BCUT2D eigenvalue weighted by Crippen LogP contribution is -2.18. The molecule has 0 atom stereocenters. The van der Waals surface area contributed by atoms with Crippen LogP contribution >= 0.6 is 0 Å². The summed E-state index contributed by atoms with van der Waals surface area (Å²) in [6, 6.07) is 9.94. The molecule has 0 heterocycles. The number of carbonyl (C=O) groups is 1. The number of anilines is 3. The van der Waals surface area contributed by atoms with E-state index >= 15 is 0 Å². The maximum absolute atomic E-state index is 13.2. The number of fused-ring (bicyclic) bond motifs is 1. The molecule has 0 fully saturated rings. The molecule has 0 aliphatic heterocycles. The fraction of sp³-hybridized carbons (Fsp3) is 0.0417. The second-order valence-electron chi connectivity index (χ2n) is 9.66. The second kappa shape index (κ2) is 12.1. The Morgan fingerprint density at radius 1 is 0.660 bits per heavy atom. The molecule has 0 saturated carbocycles. The summed E-state index contributed by atoms with van der Waals surface area (Å²) < 4.78 is 162. The molecule has 18 nitrogen and oxygen atoms in total. The van der Waals surface area contributed by atoms with Crippen molar-refractivity contribution < 1.29 is 65.1 Å². The highest BCUT2D eigenvalue weighted by Gasteiger charge is 2.27. The number of nitrogen functional groups attached to an aromatic ring is 1. The van der Waals surface area contributed by atoms with Gasteiger partial charge in [-0.2, -0.15) is 33.7 Å². The van der Waals surface area contributed by atoms with Crippen molar-refractivity contribution in [1.82, 2.24) is 0 Å². The minimum atomic E-state index is -5.38. The lowest BCUT2D eigenvalue weighted by molar-refractivity contribution is 0.102. The standard InChI is InChI=1S/C24H21N3O15S5/c25-15-4-5-19(21(9-15)46(37,38)39)24(28)26-16-3-1-2-13(6-16)12-43(29,30)27-20-10-17(44(31,32)33)7-14-8-18(45(34,35)36)11-22(23(14)20)47(40,41)42/h1-11,27H,12,25H2,(H,26,28)(H,31,32,33)(H,34,35,36)(H,37,38,39)(H,40,41,42). The summed E-state index contributed by atoms with van der Waals surface area (Å²) in [4.78, 5) is 8.61. The molecule has 0 saturated heterocycles. The summed E-state index contributed by atoms with van der Waals surface area (Å²) in [5, 5.41) is 0.931. The molecule has 0 aliphatic carbocycles. The van der Waals surface area contributed by atoms with Gasteiger partial charge in [-0.3, -0.25) is 27.7 Å². The number of sulfonamides is 1. The average Bonchev–Trinajstić information content (AvgIpc) is 2.89. The molecule has 0 aromatic heterocycles. The van der Waals surface area contributed by atoms with E-state index in [4.69, 9.17) is 5.73 Å². The molecule has 0 radical (unpaired) electrons. The van der Waals surface area contributed by atoms with Crippen LogP contribution in [0.3, 0.4) is 0 Å². The molecule has 4 aromatic carbocycles. The maximum atomic E-state index is 13.2. The Hall–Kier alpha value is -4.20. The smallest absolute Gasteiger partial charge is 0.295 e. The van der Waals surface area contributed by atoms with Crippen molar-refractivity contribution in [2.75, 3.05) is 15.8 Å². The van der Waals surface area contributed by atoms with Crippen molar-refractivity contribution in [3.8, 4) is 0 Å². The van der Waals surface area contributed by atoms with Gasteiger partial charge in [0.25, 0.3) is 46.4 Å². The third-order valence-corrected chi connectivity index (χ3v) is 10.8. The first-order valence-corrected chi connectivity index (χ1v) is 19.6. The Labute approximate surface area is 267 Å². The van der Waals surface area contributed by atoms with E-state index in [1.165, 1.54) is 24.3 Å². The number of nitrogens with one attached hydrogen (secondary N) is 2. The van der Waals surface area contributed by atoms with E-state index in [2.05, 4.69) is 5.32 Å². The van der Waals surface area contributed by atoms with E-state index < -0.39 is 104 Å². The molecule has 47 heavy (non-hydrogen) atoms. The average molecular weight is 752 g/mol. The van der Waals surface area contributed by atoms with E-state index in [1.54, 1.807) is 0 Å². The summed E-state index contributed by atoms with van der Waals surface area (Å²) in [6.45, 7) is 0. The van der Waals surface area contributed by atoms with Crippen molar-refractivity contribution in [2.45, 2.75) is 25.3 Å². The summed E-state index contributed by atoms with van der Waals surface area (Å²) in [5.74, 6) is -1.98. The van der Waals surface area contributed by atoms with Gasteiger partial charge in [0.1, 0.15) is 9.79 Å². The summed E-state index contributed by atoms with van der Waals surface area (Å²) in [5.41, 5.74) is 3.99. The third-order valence-electron chi connectivity index (χ3n) is 6.17. The van der Waals surface area contributed by atoms with Crippen molar-refractivity contribution in [2.24, 2.45) is 0 Å². The lowest BCUT2D eigenvalue weighted by atomic mass is 10.1. The zero-order chi connectivity index (χ0) is 35.3. The third kappa shape index (κ3) is 8.40. The van der Waals surface area contributed by atoms with E-state index in [-0.39, 0.29) is 16.9 Å². The zero-order valence-corrected chi connectivity index (χ0v) is 27.0. The number of hydrogen-bond acceptors (Lipinski definition) is 12. The highest BCUT2D eigenvalue weighted by molar-refractivity contribution is 7.92. The van der Waals surface area contributed by atoms with Gasteiger partial charge in [0.15, 0.2) is 0 Å². The highest BCUT2D eigenvalue weighted by Crippen LogP contribution is 2.36. The van der Waals surface area contributed by atoms with Gasteiger partial charge in [0.2, 0.25) is 10.0 Å². The lowest BCUT2D eigenvalue weighted by Gasteiger charge is -2.16. The van der Waals surface area contributed by atoms with Gasteiger partial charge in [0, 0.05) is 16.8 Å². The van der Waals surface area contributed by atoms with Crippen LogP contribution in [0.2, 0.25) is 0 Å². The monoisotopic (exact) mass is 751 g/mol. The Morgan fingerprint density at radius 2 is 1.23 bits per heavy atom. The normalized spacial score (nSPS) is 12.9. The van der Waals surface area contributed by atoms with Crippen molar-refractivity contribution >= 4 is 84.2 Å². The molecule has 4 aromatic rings. The Morgan fingerprint density at radius 3 is 1.79 bits per heavy atom. The molecular formula is C24H21N3O15S5. The Kier molecular flexibility index (Phi) is 9.19. The van der Waals surface area contributed by atoms with Crippen LogP contribution in [0.4, 0.5) is 17.1 Å². The SMILES string of the molecule is Nc1ccc(C(=O)Nc2cccc(CS(=O)(=O)Nc3cc(S(=O)(=O)O)cc4cc(S(=O)(=O)O)cc(S(=O)(=O)O)c34)c2)c(S(=O)(=O)O)c1. The molecule has 23 heteroatoms. The summed E-state index contributed by atoms with van der Waals surface area (Å²) >= 11 is 0. The molecule has 252 valence electrons. The van der Waals surface area contributed by atoms with Gasteiger partial charge in [-0.15, -0.1) is 0 Å². The predicted octanol–water partition coefficient (Wildman–Crippen LogP) is 1.60. The first kappa shape index (κ1) is 35.7. The number of amides is 1. The molecule has 8 N–H and O–H groups in total. The minimum Gasteiger partial charge on any atom is -0.399 e. The number of hydrogen-bond donors (Lipinski definition) is 7. The van der Waals surface area contributed by atoms with Gasteiger partial charge in [0.05, 0.1) is 26.8 Å². The van der Waals surface area contributed by atoms with Crippen LogP contribution in [0.25, 0.3) is 10.8 Å². The number of carbonyl (C=O) groups excluding carboxylic acids is 1. The summed E-state index contributed by atoms with van der Waals surface area (Å²) in [6.07, 6.45) is 0. The Balaban J connectivity index is 1.76. The van der Waals surface area contributed by atoms with Crippen LogP contribution in [0.5, 0.6) is 0 Å². The van der Waals surface area contributed by atoms with E-state index in [1.807, 2.05) is 4.72 Å². The molecule has 1 amide bonds. The molecule has 4 rings (SSSR count). The first-order chi connectivity index (χ1) is 21.3. The number of benzene rings is 4. The topological polar surface area (TPSA) is 319 Å². The summed E-state index contributed by atoms with van der Waals surface area (Å²) in [7, 11) is -25.2. The highest BCUT2D eigenvalue weighted by atomic mass is 32.2. The Bertz CT molecular complexity index is 2530. The van der Waals surface area contributed by atoms with Gasteiger partial charge < -0.3 is 11.1 Å². The van der Waals surface area contributed by atoms with E-state index in [9.17, 15) is 65.1 Å². The quantitative estimate of drug-likeness (QED) is 0.0894. The molecule has 0 bridgehead atoms. The molecular weight excluding hydrogens is 731 g/mol. The predicted molar refractivity (Wildman–Crippen MR) is 165 cm³/mol. The molecule has 0 spiro atoms. The van der Waals surface area contributed by atoms with Crippen molar-refractivity contribution in [3.63, 3.8) is 0 Å². The van der Waals surface area contributed by atoms with Gasteiger partial charge >= 0.3 is 0 Å². The van der Waals surface area contributed by atoms with Crippen LogP contribution in [0, 0.1) is 0 Å². The first-order valence-electron chi connectivity index (χ1n) is 12.2. The van der Waals surface area contributed by atoms with Crippen molar-refractivity contribution in [1.29, 1.82) is 0 Å². The fourth-order valence-electron chi connectivity index (χ4n) is 4.30. The zero-order valence-electron chi connectivity index (χ0n) is 23.0. The van der Waals surface area contributed by atoms with Crippen LogP contribution in [-0.2, 0) is 56.2 Å². The second-order valence-corrected chi connectivity index (χ2v) is 17.0. The van der Waals surface area contributed by atoms with Crippen LogP contribution in [0.1, 0.15) is 15.9 Å². The van der Waals surface area contributed by atoms with Gasteiger partial charge in [-0.05, 0) is 65.5 Å². The fourth-order valence-corrected chi connectivity index (χ4v) is 8.14. The largest absolute Gasteiger partial charge is 0.399 e. The van der Waals surface area contributed by atoms with E-state index in [0.29, 0.717) is 24.3 Å². The maximum Gasteiger partial charge on any atom is 0.295 e. The number of rotatable bonds is 10. The van der Waals surface area contributed by atoms with Crippen LogP contribution < -0.4 is 15.8 Å². The molecule has 0 aliphatic rings. The van der Waals surface area contributed by atoms with Gasteiger partial charge in [-0.1, -0.05) is 12.1 Å². The van der Waals surface area contributed by atoms with Crippen LogP contribution in [-0.4, -0.2) is 66.2 Å². The number of nitrogens with two attached hydrogens (primary N) is 1. The van der Waals surface area contributed by atoms with Crippen molar-refractivity contribution in [3.05, 3.63) is 77.9 Å².